The largest absolute Gasteiger partial charge is 0.386 e. The smallest absolute Gasteiger partial charge is 0.123 e. The summed E-state index contributed by atoms with van der Waals surface area (Å²) in [6.07, 6.45) is 5.46. The van der Waals surface area contributed by atoms with E-state index in [2.05, 4.69) is 27.4 Å². The Morgan fingerprint density at radius 2 is 1.83 bits per heavy atom. The minimum Gasteiger partial charge on any atom is -0.386 e. The lowest BCUT2D eigenvalue weighted by molar-refractivity contribution is 0.628. The van der Waals surface area contributed by atoms with Crippen molar-refractivity contribution in [3.63, 3.8) is 0 Å². The van der Waals surface area contributed by atoms with Gasteiger partial charge in [0.15, 0.2) is 0 Å². The number of nitrogens with zero attached hydrogens (tertiary/aromatic N) is 1. The molecule has 0 unspecified atom stereocenters. The summed E-state index contributed by atoms with van der Waals surface area (Å²) < 4.78 is 13.0. The highest BCUT2D eigenvalue weighted by Gasteiger charge is 2.04. The number of halogens is 1. The summed E-state index contributed by atoms with van der Waals surface area (Å²) in [5.41, 5.74) is 10.4. The molecule has 29 heavy (non-hydrogen) atoms. The Kier molecular flexibility index (Phi) is 6.84. The van der Waals surface area contributed by atoms with Crippen LogP contribution in [0, 0.1) is 5.82 Å². The van der Waals surface area contributed by atoms with Gasteiger partial charge in [-0.05, 0) is 48.0 Å². The van der Waals surface area contributed by atoms with Crippen LogP contribution in [0.1, 0.15) is 11.3 Å². The van der Waals surface area contributed by atoms with Gasteiger partial charge in [-0.2, -0.15) is 5.10 Å². The molecule has 0 bridgehead atoms. The molecule has 5 N–H and O–H groups in total. The zero-order valence-corrected chi connectivity index (χ0v) is 16.0. The minimum absolute atomic E-state index is 0.265. The van der Waals surface area contributed by atoms with Crippen LogP contribution in [0.4, 0.5) is 4.39 Å². The van der Waals surface area contributed by atoms with Crippen molar-refractivity contribution in [1.82, 2.24) is 20.8 Å². The van der Waals surface area contributed by atoms with E-state index in [9.17, 15) is 4.39 Å². The lowest BCUT2D eigenvalue weighted by atomic mass is 10.1. The summed E-state index contributed by atoms with van der Waals surface area (Å²) in [4.78, 5) is 0. The van der Waals surface area contributed by atoms with Crippen LogP contribution >= 0.6 is 0 Å². The fraction of sp³-hybridized carbons (Fsp3) is 0.0870. The van der Waals surface area contributed by atoms with Gasteiger partial charge in [0.25, 0.3) is 0 Å². The molecular weight excluding hydrogens is 365 g/mol. The minimum atomic E-state index is -0.265. The van der Waals surface area contributed by atoms with Gasteiger partial charge in [0, 0.05) is 17.8 Å². The highest BCUT2D eigenvalue weighted by atomic mass is 19.1. The predicted molar refractivity (Wildman–Crippen MR) is 115 cm³/mol. The van der Waals surface area contributed by atoms with Gasteiger partial charge in [0.05, 0.1) is 23.8 Å². The van der Waals surface area contributed by atoms with Crippen molar-refractivity contribution >= 4 is 0 Å². The number of benzene rings is 2. The quantitative estimate of drug-likeness (QED) is 0.418. The Labute approximate surface area is 169 Å². The van der Waals surface area contributed by atoms with E-state index >= 15 is 0 Å². The van der Waals surface area contributed by atoms with Gasteiger partial charge in [-0.3, -0.25) is 5.10 Å². The van der Waals surface area contributed by atoms with E-state index in [1.807, 2.05) is 48.6 Å². The zero-order chi connectivity index (χ0) is 20.5. The first-order valence-electron chi connectivity index (χ1n) is 9.25. The molecule has 6 heteroatoms. The molecule has 0 atom stereocenters. The number of H-pyrrole nitrogens is 1. The molecule has 3 aromatic rings. The highest BCUT2D eigenvalue weighted by molar-refractivity contribution is 5.59. The van der Waals surface area contributed by atoms with Gasteiger partial charge in [0.2, 0.25) is 0 Å². The van der Waals surface area contributed by atoms with Crippen LogP contribution < -0.4 is 16.4 Å². The molecule has 0 aliphatic heterocycles. The maximum Gasteiger partial charge on any atom is 0.123 e. The monoisotopic (exact) mass is 389 g/mol. The van der Waals surface area contributed by atoms with Crippen LogP contribution in [0.2, 0.25) is 0 Å². The molecule has 0 radical (unpaired) electrons. The van der Waals surface area contributed by atoms with Gasteiger partial charge >= 0.3 is 0 Å². The van der Waals surface area contributed by atoms with Gasteiger partial charge in [-0.1, -0.05) is 43.0 Å². The molecule has 0 saturated carbocycles. The maximum absolute atomic E-state index is 13.0. The summed E-state index contributed by atoms with van der Waals surface area (Å²) in [7, 11) is 0. The third kappa shape index (κ3) is 6.39. The molecule has 3 rings (SSSR count). The number of aromatic nitrogens is 2. The number of hydrogen-bond donors (Lipinski definition) is 4. The molecule has 0 spiro atoms. The van der Waals surface area contributed by atoms with Crippen LogP contribution in [0.15, 0.2) is 97.0 Å². The highest BCUT2D eigenvalue weighted by Crippen LogP contribution is 2.18. The van der Waals surface area contributed by atoms with Crippen LogP contribution in [0.25, 0.3) is 11.3 Å². The standard InChI is InChI=1S/C23H24FN5/c1-17(6-5-9-23(25)27-15-18-7-3-2-4-8-18)26-16-21-14-22(29-28-21)19-10-12-20(24)13-11-19/h2-14,26-27H,1,15-16,25H2,(H,28,29)/b6-5-,23-9+. The molecule has 0 amide bonds. The van der Waals surface area contributed by atoms with Crippen molar-refractivity contribution in [2.45, 2.75) is 13.1 Å². The summed E-state index contributed by atoms with van der Waals surface area (Å²) in [5.74, 6) is 0.314. The number of rotatable bonds is 9. The van der Waals surface area contributed by atoms with E-state index in [0.29, 0.717) is 18.9 Å². The van der Waals surface area contributed by atoms with E-state index < -0.39 is 0 Å². The van der Waals surface area contributed by atoms with Crippen molar-refractivity contribution in [1.29, 1.82) is 0 Å². The second-order valence-electron chi connectivity index (χ2n) is 6.48. The number of hydrogen-bond acceptors (Lipinski definition) is 4. The fourth-order valence-corrected chi connectivity index (χ4v) is 2.62. The Morgan fingerprint density at radius 1 is 1.07 bits per heavy atom. The second kappa shape index (κ2) is 9.94. The number of aromatic amines is 1. The molecule has 2 aromatic carbocycles. The number of nitrogens with one attached hydrogen (secondary N) is 3. The fourth-order valence-electron chi connectivity index (χ4n) is 2.62. The first-order chi connectivity index (χ1) is 14.1. The molecule has 0 saturated heterocycles. The zero-order valence-electron chi connectivity index (χ0n) is 16.0. The van der Waals surface area contributed by atoms with Crippen molar-refractivity contribution < 1.29 is 4.39 Å². The number of nitrogens with two attached hydrogens (primary N) is 1. The van der Waals surface area contributed by atoms with Crippen LogP contribution in [0.3, 0.4) is 0 Å². The Bertz CT molecular complexity index is 988. The van der Waals surface area contributed by atoms with Crippen molar-refractivity contribution in [2.75, 3.05) is 0 Å². The lowest BCUT2D eigenvalue weighted by Crippen LogP contribution is -2.19. The molecule has 5 nitrogen and oxygen atoms in total. The summed E-state index contributed by atoms with van der Waals surface area (Å²) in [5, 5.41) is 13.6. The SMILES string of the molecule is C=C(/C=C\C=C(/N)NCc1ccccc1)NCc1cc(-c2ccc(F)cc2)n[nH]1. The summed E-state index contributed by atoms with van der Waals surface area (Å²) in [6.45, 7) is 5.19. The molecule has 1 aromatic heterocycles. The van der Waals surface area contributed by atoms with E-state index in [-0.39, 0.29) is 5.82 Å². The normalized spacial score (nSPS) is 11.6. The van der Waals surface area contributed by atoms with Crippen LogP contribution in [-0.4, -0.2) is 10.2 Å². The first kappa shape index (κ1) is 19.9. The van der Waals surface area contributed by atoms with E-state index in [0.717, 1.165) is 22.6 Å². The van der Waals surface area contributed by atoms with E-state index in [4.69, 9.17) is 5.73 Å². The number of allylic oxidation sites excluding steroid dienone is 3. The maximum atomic E-state index is 13.0. The Balaban J connectivity index is 1.44. The molecule has 0 aliphatic rings. The van der Waals surface area contributed by atoms with E-state index in [1.54, 1.807) is 18.2 Å². The van der Waals surface area contributed by atoms with Crippen LogP contribution in [-0.2, 0) is 13.1 Å². The topological polar surface area (TPSA) is 78.8 Å². The molecular formula is C23H24FN5. The molecule has 1 heterocycles. The molecule has 148 valence electrons. The van der Waals surface area contributed by atoms with Crippen molar-refractivity contribution in [2.24, 2.45) is 5.73 Å². The third-order valence-electron chi connectivity index (χ3n) is 4.19. The summed E-state index contributed by atoms with van der Waals surface area (Å²) >= 11 is 0. The van der Waals surface area contributed by atoms with Gasteiger partial charge in [0.1, 0.15) is 5.82 Å². The lowest BCUT2D eigenvalue weighted by Gasteiger charge is -2.06. The third-order valence-corrected chi connectivity index (χ3v) is 4.19. The van der Waals surface area contributed by atoms with Gasteiger partial charge in [-0.15, -0.1) is 0 Å². The van der Waals surface area contributed by atoms with Crippen molar-refractivity contribution in [3.8, 4) is 11.3 Å². The second-order valence-corrected chi connectivity index (χ2v) is 6.48. The average Bonchev–Trinajstić information content (AvgIpc) is 3.21. The van der Waals surface area contributed by atoms with Crippen molar-refractivity contribution in [3.05, 3.63) is 114 Å². The van der Waals surface area contributed by atoms with Crippen LogP contribution in [0.5, 0.6) is 0 Å². The van der Waals surface area contributed by atoms with Gasteiger partial charge < -0.3 is 16.4 Å². The summed E-state index contributed by atoms with van der Waals surface area (Å²) in [6, 6.07) is 18.2. The molecule has 0 fully saturated rings. The van der Waals surface area contributed by atoms with E-state index in [1.165, 1.54) is 17.7 Å². The Hall–Kier alpha value is -3.80. The average molecular weight is 389 g/mol. The molecule has 0 aliphatic carbocycles. The predicted octanol–water partition coefficient (Wildman–Crippen LogP) is 3.97. The van der Waals surface area contributed by atoms with Gasteiger partial charge in [-0.25, -0.2) is 4.39 Å². The Morgan fingerprint density at radius 3 is 2.59 bits per heavy atom. The first-order valence-corrected chi connectivity index (χ1v) is 9.25.